The number of rotatable bonds is 6. The van der Waals surface area contributed by atoms with Crippen LogP contribution in [0, 0.1) is 0 Å². The van der Waals surface area contributed by atoms with E-state index in [9.17, 15) is 0 Å². The van der Waals surface area contributed by atoms with Crippen LogP contribution in [0.1, 0.15) is 0 Å². The Bertz CT molecular complexity index is 990. The molecular weight excluding hydrogens is 406 g/mol. The van der Waals surface area contributed by atoms with Crippen molar-refractivity contribution in [2.45, 2.75) is 6.54 Å². The zero-order valence-corrected chi connectivity index (χ0v) is 18.0. The molecule has 0 unspecified atom stereocenters. The standard InChI is InChI=1S/C22H24ClN3O2S/c1-27-20-8-6-19(7-9-20)24-22-26(11-10-25-12-14-28-15-13-25)21(16-29-22)17-2-4-18(23)5-3-17/h2-9,16H,10-15H2,1H3. The van der Waals surface area contributed by atoms with Crippen molar-refractivity contribution in [1.82, 2.24) is 9.47 Å². The third-order valence-corrected chi connectivity index (χ3v) is 6.09. The smallest absolute Gasteiger partial charge is 0.190 e. The number of aromatic nitrogens is 1. The van der Waals surface area contributed by atoms with Crippen LogP contribution < -0.4 is 9.54 Å². The molecule has 1 aliphatic heterocycles. The van der Waals surface area contributed by atoms with Gasteiger partial charge in [-0.15, -0.1) is 11.3 Å². The summed E-state index contributed by atoms with van der Waals surface area (Å²) in [4.78, 5) is 8.32. The summed E-state index contributed by atoms with van der Waals surface area (Å²) in [5, 5.41) is 2.91. The van der Waals surface area contributed by atoms with Gasteiger partial charge in [0.2, 0.25) is 0 Å². The highest BCUT2D eigenvalue weighted by Crippen LogP contribution is 2.23. The number of hydrogen-bond donors (Lipinski definition) is 0. The van der Waals surface area contributed by atoms with Crippen LogP contribution in [0.3, 0.4) is 0 Å². The van der Waals surface area contributed by atoms with Gasteiger partial charge in [0.15, 0.2) is 4.80 Å². The van der Waals surface area contributed by atoms with E-state index in [0.29, 0.717) is 0 Å². The maximum atomic E-state index is 6.09. The van der Waals surface area contributed by atoms with E-state index in [0.717, 1.165) is 71.9 Å². The second kappa shape index (κ2) is 9.59. The van der Waals surface area contributed by atoms with E-state index < -0.39 is 0 Å². The number of thiazole rings is 1. The molecule has 5 nitrogen and oxygen atoms in total. The maximum absolute atomic E-state index is 6.09. The Morgan fingerprint density at radius 1 is 1.03 bits per heavy atom. The summed E-state index contributed by atoms with van der Waals surface area (Å²) in [7, 11) is 1.67. The molecule has 1 aliphatic rings. The lowest BCUT2D eigenvalue weighted by molar-refractivity contribution is 0.0363. The summed E-state index contributed by atoms with van der Waals surface area (Å²) in [5.74, 6) is 0.831. The van der Waals surface area contributed by atoms with E-state index in [2.05, 4.69) is 27.0 Å². The van der Waals surface area contributed by atoms with Gasteiger partial charge in [0.1, 0.15) is 5.75 Å². The molecule has 152 valence electrons. The third kappa shape index (κ3) is 5.08. The molecule has 3 aromatic rings. The first-order valence-corrected chi connectivity index (χ1v) is 10.9. The van der Waals surface area contributed by atoms with E-state index in [1.54, 1.807) is 18.4 Å². The average molecular weight is 430 g/mol. The molecule has 1 saturated heterocycles. The van der Waals surface area contributed by atoms with Crippen molar-refractivity contribution in [3.05, 3.63) is 63.7 Å². The predicted molar refractivity (Wildman–Crippen MR) is 118 cm³/mol. The van der Waals surface area contributed by atoms with Crippen LogP contribution in [0.4, 0.5) is 5.69 Å². The highest BCUT2D eigenvalue weighted by molar-refractivity contribution is 7.07. The highest BCUT2D eigenvalue weighted by atomic mass is 35.5. The second-order valence-electron chi connectivity index (χ2n) is 6.83. The van der Waals surface area contributed by atoms with Crippen LogP contribution in [-0.2, 0) is 11.3 Å². The molecule has 2 aromatic carbocycles. The number of benzene rings is 2. The first-order valence-electron chi connectivity index (χ1n) is 9.66. The van der Waals surface area contributed by atoms with Crippen molar-refractivity contribution >= 4 is 28.6 Å². The molecule has 4 rings (SSSR count). The van der Waals surface area contributed by atoms with Crippen LogP contribution in [-0.4, -0.2) is 49.4 Å². The Kier molecular flexibility index (Phi) is 6.67. The van der Waals surface area contributed by atoms with E-state index >= 15 is 0 Å². The fourth-order valence-corrected chi connectivity index (χ4v) is 4.40. The normalized spacial score (nSPS) is 15.6. The molecule has 0 radical (unpaired) electrons. The first-order chi connectivity index (χ1) is 14.2. The Hall–Kier alpha value is -2.12. The summed E-state index contributed by atoms with van der Waals surface area (Å²) in [6.07, 6.45) is 0. The molecule has 29 heavy (non-hydrogen) atoms. The molecule has 0 atom stereocenters. The number of hydrogen-bond acceptors (Lipinski definition) is 5. The van der Waals surface area contributed by atoms with Gasteiger partial charge in [0.05, 0.1) is 31.7 Å². The topological polar surface area (TPSA) is 39.0 Å². The molecule has 7 heteroatoms. The van der Waals surface area contributed by atoms with Crippen molar-refractivity contribution in [3.8, 4) is 17.0 Å². The lowest BCUT2D eigenvalue weighted by Gasteiger charge is -2.26. The molecule has 0 spiro atoms. The zero-order valence-electron chi connectivity index (χ0n) is 16.4. The quantitative estimate of drug-likeness (QED) is 0.581. The van der Waals surface area contributed by atoms with Crippen molar-refractivity contribution in [1.29, 1.82) is 0 Å². The van der Waals surface area contributed by atoms with E-state index in [4.69, 9.17) is 26.1 Å². The van der Waals surface area contributed by atoms with Crippen LogP contribution in [0.15, 0.2) is 58.9 Å². The Labute approximate surface area is 179 Å². The minimum atomic E-state index is 0.743. The Morgan fingerprint density at radius 2 is 1.76 bits per heavy atom. The number of halogens is 1. The van der Waals surface area contributed by atoms with Gasteiger partial charge < -0.3 is 14.0 Å². The number of ether oxygens (including phenoxy) is 2. The van der Waals surface area contributed by atoms with Gasteiger partial charge >= 0.3 is 0 Å². The van der Waals surface area contributed by atoms with E-state index in [1.165, 1.54) is 0 Å². The minimum absolute atomic E-state index is 0.743. The second-order valence-corrected chi connectivity index (χ2v) is 8.10. The van der Waals surface area contributed by atoms with Crippen molar-refractivity contribution in [2.24, 2.45) is 4.99 Å². The first kappa shape index (κ1) is 20.2. The number of nitrogens with zero attached hydrogens (tertiary/aromatic N) is 3. The zero-order chi connectivity index (χ0) is 20.1. The lowest BCUT2D eigenvalue weighted by Crippen LogP contribution is -2.39. The maximum Gasteiger partial charge on any atom is 0.190 e. The average Bonchev–Trinajstić information content (AvgIpc) is 3.16. The monoisotopic (exact) mass is 429 g/mol. The fourth-order valence-electron chi connectivity index (χ4n) is 3.32. The van der Waals surface area contributed by atoms with Crippen molar-refractivity contribution in [3.63, 3.8) is 0 Å². The van der Waals surface area contributed by atoms with E-state index in [-0.39, 0.29) is 0 Å². The van der Waals surface area contributed by atoms with Gasteiger partial charge in [0, 0.05) is 36.6 Å². The SMILES string of the molecule is COc1ccc(N=c2scc(-c3ccc(Cl)cc3)n2CCN2CCOCC2)cc1. The molecule has 0 amide bonds. The van der Waals surface area contributed by atoms with Crippen molar-refractivity contribution < 1.29 is 9.47 Å². The van der Waals surface area contributed by atoms with Gasteiger partial charge in [-0.1, -0.05) is 23.7 Å². The number of morpholine rings is 1. The van der Waals surface area contributed by atoms with Gasteiger partial charge in [-0.25, -0.2) is 4.99 Å². The van der Waals surface area contributed by atoms with Crippen LogP contribution >= 0.6 is 22.9 Å². The van der Waals surface area contributed by atoms with Crippen LogP contribution in [0.5, 0.6) is 5.75 Å². The van der Waals surface area contributed by atoms with Gasteiger partial charge in [-0.3, -0.25) is 4.90 Å². The largest absolute Gasteiger partial charge is 0.497 e. The molecule has 0 N–H and O–H groups in total. The molecule has 2 heterocycles. The van der Waals surface area contributed by atoms with E-state index in [1.807, 2.05) is 36.4 Å². The molecule has 1 fully saturated rings. The van der Waals surface area contributed by atoms with Gasteiger partial charge in [0.25, 0.3) is 0 Å². The summed E-state index contributed by atoms with van der Waals surface area (Å²) in [5.41, 5.74) is 3.21. The third-order valence-electron chi connectivity index (χ3n) is 4.98. The molecule has 0 aliphatic carbocycles. The Balaban J connectivity index is 1.67. The summed E-state index contributed by atoms with van der Waals surface area (Å²) in [6, 6.07) is 15.8. The van der Waals surface area contributed by atoms with Gasteiger partial charge in [-0.2, -0.15) is 0 Å². The Morgan fingerprint density at radius 3 is 2.45 bits per heavy atom. The van der Waals surface area contributed by atoms with Gasteiger partial charge in [-0.05, 0) is 42.0 Å². The minimum Gasteiger partial charge on any atom is -0.497 e. The predicted octanol–water partition coefficient (Wildman–Crippen LogP) is 4.44. The van der Waals surface area contributed by atoms with Crippen molar-refractivity contribution in [2.75, 3.05) is 40.0 Å². The summed E-state index contributed by atoms with van der Waals surface area (Å²) in [6.45, 7) is 5.41. The lowest BCUT2D eigenvalue weighted by atomic mass is 10.2. The van der Waals surface area contributed by atoms with Crippen LogP contribution in [0.25, 0.3) is 11.3 Å². The highest BCUT2D eigenvalue weighted by Gasteiger charge is 2.13. The molecule has 1 aromatic heterocycles. The molecular formula is C22H24ClN3O2S. The molecule has 0 saturated carbocycles. The summed E-state index contributed by atoms with van der Waals surface area (Å²) < 4.78 is 13.0. The number of methoxy groups -OCH3 is 1. The fraction of sp³-hybridized carbons (Fsp3) is 0.318. The van der Waals surface area contributed by atoms with Crippen LogP contribution in [0.2, 0.25) is 5.02 Å². The molecule has 0 bridgehead atoms. The summed E-state index contributed by atoms with van der Waals surface area (Å²) >= 11 is 7.74.